The van der Waals surface area contributed by atoms with Crippen LogP contribution in [0.1, 0.15) is 17.9 Å². The van der Waals surface area contributed by atoms with E-state index in [-0.39, 0.29) is 18.2 Å². The largest absolute Gasteiger partial charge is 0.493 e. The van der Waals surface area contributed by atoms with Crippen molar-refractivity contribution < 1.29 is 19.0 Å². The Morgan fingerprint density at radius 1 is 1.19 bits per heavy atom. The summed E-state index contributed by atoms with van der Waals surface area (Å²) in [5.41, 5.74) is 1.41. The number of methoxy groups -OCH3 is 3. The Kier molecular flexibility index (Phi) is 5.30. The van der Waals surface area contributed by atoms with E-state index in [9.17, 15) is 10.1 Å². The van der Waals surface area contributed by atoms with Crippen molar-refractivity contribution >= 4 is 17.7 Å². The van der Waals surface area contributed by atoms with Crippen LogP contribution in [0.5, 0.6) is 17.2 Å². The number of amides is 1. The van der Waals surface area contributed by atoms with Crippen LogP contribution in [0.2, 0.25) is 0 Å². The van der Waals surface area contributed by atoms with Crippen molar-refractivity contribution in [3.05, 3.63) is 28.3 Å². The molecule has 2 aliphatic rings. The van der Waals surface area contributed by atoms with E-state index in [1.807, 2.05) is 24.1 Å². The number of carbonyl (C=O) groups excluding carboxylic acids is 1. The van der Waals surface area contributed by atoms with Gasteiger partial charge in [-0.05, 0) is 24.7 Å². The van der Waals surface area contributed by atoms with Gasteiger partial charge in [0.15, 0.2) is 11.5 Å². The van der Waals surface area contributed by atoms with Gasteiger partial charge in [-0.3, -0.25) is 14.6 Å². The van der Waals surface area contributed by atoms with E-state index in [2.05, 4.69) is 6.07 Å². The molecule has 1 unspecified atom stereocenters. The van der Waals surface area contributed by atoms with E-state index in [1.54, 1.807) is 26.2 Å². The maximum Gasteiger partial charge on any atom is 0.229 e. The highest BCUT2D eigenvalue weighted by molar-refractivity contribution is 8.03. The molecule has 0 radical (unpaired) electrons. The number of rotatable bonds is 4. The number of hydrogen-bond acceptors (Lipinski definition) is 7. The van der Waals surface area contributed by atoms with Crippen LogP contribution in [-0.2, 0) is 4.79 Å². The molecule has 0 bridgehead atoms. The number of nitriles is 1. The van der Waals surface area contributed by atoms with E-state index < -0.39 is 0 Å². The number of thioether (sulfide) groups is 1. The Bertz CT molecular complexity index is 777. The zero-order chi connectivity index (χ0) is 18.8. The van der Waals surface area contributed by atoms with Crippen molar-refractivity contribution in [2.24, 2.45) is 0 Å². The number of benzene rings is 1. The molecule has 0 aliphatic carbocycles. The van der Waals surface area contributed by atoms with Crippen molar-refractivity contribution in [1.82, 2.24) is 9.80 Å². The van der Waals surface area contributed by atoms with Gasteiger partial charge in [0.25, 0.3) is 0 Å². The lowest BCUT2D eigenvalue weighted by molar-refractivity contribution is -0.131. The fourth-order valence-corrected chi connectivity index (χ4v) is 4.34. The molecule has 2 heterocycles. The zero-order valence-corrected chi connectivity index (χ0v) is 16.1. The van der Waals surface area contributed by atoms with Gasteiger partial charge in [0.2, 0.25) is 11.7 Å². The minimum atomic E-state index is -0.330. The van der Waals surface area contributed by atoms with Gasteiger partial charge in [-0.15, -0.1) is 0 Å². The van der Waals surface area contributed by atoms with Crippen LogP contribution in [-0.4, -0.2) is 56.6 Å². The van der Waals surface area contributed by atoms with Crippen molar-refractivity contribution in [3.63, 3.8) is 0 Å². The highest BCUT2D eigenvalue weighted by Crippen LogP contribution is 2.46. The van der Waals surface area contributed by atoms with Gasteiger partial charge < -0.3 is 14.2 Å². The maximum atomic E-state index is 12.7. The fourth-order valence-electron chi connectivity index (χ4n) is 3.26. The number of fused-ring (bicyclic) bond motifs is 1. The van der Waals surface area contributed by atoms with Crippen LogP contribution in [0.15, 0.2) is 22.7 Å². The summed E-state index contributed by atoms with van der Waals surface area (Å²) >= 11 is 1.52. The van der Waals surface area contributed by atoms with E-state index in [4.69, 9.17) is 14.2 Å². The molecule has 3 rings (SSSR count). The average molecular weight is 375 g/mol. The Morgan fingerprint density at radius 3 is 2.38 bits per heavy atom. The summed E-state index contributed by atoms with van der Waals surface area (Å²) < 4.78 is 16.2. The number of allylic oxidation sites excluding steroid dienone is 1. The molecule has 1 aromatic rings. The summed E-state index contributed by atoms with van der Waals surface area (Å²) in [4.78, 5) is 16.4. The predicted molar refractivity (Wildman–Crippen MR) is 98.0 cm³/mol. The van der Waals surface area contributed by atoms with Crippen LogP contribution < -0.4 is 14.2 Å². The third-order valence-corrected chi connectivity index (χ3v) is 5.80. The molecule has 7 nitrogen and oxygen atoms in total. The minimum Gasteiger partial charge on any atom is -0.493 e. The third-order valence-electron chi connectivity index (χ3n) is 4.52. The second kappa shape index (κ2) is 7.48. The van der Waals surface area contributed by atoms with E-state index in [1.165, 1.54) is 11.8 Å². The van der Waals surface area contributed by atoms with Crippen molar-refractivity contribution in [2.45, 2.75) is 12.3 Å². The van der Waals surface area contributed by atoms with Crippen LogP contribution in [0, 0.1) is 11.3 Å². The topological polar surface area (TPSA) is 75.0 Å². The van der Waals surface area contributed by atoms with Gasteiger partial charge in [-0.2, -0.15) is 5.26 Å². The Balaban J connectivity index is 2.10. The zero-order valence-electron chi connectivity index (χ0n) is 15.2. The monoisotopic (exact) mass is 375 g/mol. The summed E-state index contributed by atoms with van der Waals surface area (Å²) in [6, 6.07) is 5.95. The number of nitrogens with zero attached hydrogens (tertiary/aromatic N) is 3. The molecular weight excluding hydrogens is 354 g/mol. The second-order valence-corrected chi connectivity index (χ2v) is 7.07. The molecular formula is C18H21N3O4S. The molecule has 0 spiro atoms. The number of carbonyl (C=O) groups is 1. The second-order valence-electron chi connectivity index (χ2n) is 6.14. The molecule has 1 saturated heterocycles. The van der Waals surface area contributed by atoms with Crippen molar-refractivity contribution in [2.75, 3.05) is 40.9 Å². The Morgan fingerprint density at radius 2 is 1.85 bits per heavy atom. The summed E-state index contributed by atoms with van der Waals surface area (Å²) in [5.74, 6) is 1.93. The molecule has 1 aromatic carbocycles. The Hall–Kier alpha value is -2.37. The summed E-state index contributed by atoms with van der Waals surface area (Å²) in [6.45, 7) is 0.508. The molecule has 8 heteroatoms. The average Bonchev–Trinajstić information content (AvgIpc) is 2.66. The van der Waals surface area contributed by atoms with Crippen LogP contribution in [0.3, 0.4) is 0 Å². The van der Waals surface area contributed by atoms with E-state index in [0.717, 1.165) is 16.5 Å². The van der Waals surface area contributed by atoms with Crippen LogP contribution in [0.4, 0.5) is 0 Å². The fraction of sp³-hybridized carbons (Fsp3) is 0.444. The summed E-state index contributed by atoms with van der Waals surface area (Å²) in [5, 5.41) is 10.6. The first kappa shape index (κ1) is 18.4. The summed E-state index contributed by atoms with van der Waals surface area (Å²) in [7, 11) is 6.59. The summed E-state index contributed by atoms with van der Waals surface area (Å²) in [6.07, 6.45) is 0.236. The lowest BCUT2D eigenvalue weighted by atomic mass is 9.86. The number of hydrogen-bond donors (Lipinski definition) is 0. The standard InChI is InChI=1S/C18H21N3O4S/c1-20-9-21-16(22)7-12(13(8-19)18(21)26-10-20)11-5-14(23-2)17(25-4)15(6-11)24-3/h5-6,12H,7,9-10H2,1-4H3. The van der Waals surface area contributed by atoms with Gasteiger partial charge in [-0.1, -0.05) is 11.8 Å². The van der Waals surface area contributed by atoms with Crippen LogP contribution >= 0.6 is 11.8 Å². The molecule has 26 heavy (non-hydrogen) atoms. The van der Waals surface area contributed by atoms with Crippen molar-refractivity contribution in [3.8, 4) is 23.3 Å². The smallest absolute Gasteiger partial charge is 0.229 e. The predicted octanol–water partition coefficient (Wildman–Crippen LogP) is 2.36. The lowest BCUT2D eigenvalue weighted by Crippen LogP contribution is -2.45. The number of ether oxygens (including phenoxy) is 3. The highest BCUT2D eigenvalue weighted by atomic mass is 32.2. The first-order valence-corrected chi connectivity index (χ1v) is 9.08. The van der Waals surface area contributed by atoms with Crippen LogP contribution in [0.25, 0.3) is 0 Å². The molecule has 2 aliphatic heterocycles. The first-order valence-electron chi connectivity index (χ1n) is 8.09. The molecule has 1 amide bonds. The molecule has 1 fully saturated rings. The Labute approximate surface area is 157 Å². The minimum absolute atomic E-state index is 0.0109. The molecule has 0 aromatic heterocycles. The van der Waals surface area contributed by atoms with Gasteiger partial charge >= 0.3 is 0 Å². The SMILES string of the molecule is COc1cc(C2CC(=O)N3CN(C)CSC3=C2C#N)cc(OC)c1OC. The normalized spacial score (nSPS) is 20.5. The lowest BCUT2D eigenvalue weighted by Gasteiger charge is -2.40. The van der Waals surface area contributed by atoms with Gasteiger partial charge in [0.1, 0.15) is 0 Å². The highest BCUT2D eigenvalue weighted by Gasteiger charge is 2.38. The third kappa shape index (κ3) is 3.08. The molecule has 0 saturated carbocycles. The van der Waals surface area contributed by atoms with Gasteiger partial charge in [0, 0.05) is 12.3 Å². The van der Waals surface area contributed by atoms with E-state index in [0.29, 0.717) is 29.5 Å². The van der Waals surface area contributed by atoms with Crippen molar-refractivity contribution in [1.29, 1.82) is 5.26 Å². The quantitative estimate of drug-likeness (QED) is 0.800. The first-order chi connectivity index (χ1) is 12.5. The molecule has 0 N–H and O–H groups in total. The molecule has 1 atom stereocenters. The maximum absolute atomic E-state index is 12.7. The molecule has 138 valence electrons. The van der Waals surface area contributed by atoms with E-state index >= 15 is 0 Å². The van der Waals surface area contributed by atoms with Gasteiger partial charge in [0.05, 0.1) is 50.5 Å². The van der Waals surface area contributed by atoms with Gasteiger partial charge in [-0.25, -0.2) is 0 Å².